The molecule has 0 aliphatic carbocycles. The van der Waals surface area contributed by atoms with Gasteiger partial charge in [0.2, 0.25) is 0 Å². The Bertz CT molecular complexity index is 606. The molecule has 118 valence electrons. The second-order valence-electron chi connectivity index (χ2n) is 4.68. The second kappa shape index (κ2) is 9.24. The number of nitrogens with one attached hydrogen (secondary N) is 2. The lowest BCUT2D eigenvalue weighted by atomic mass is 10.2. The van der Waals surface area contributed by atoms with Gasteiger partial charge in [0.1, 0.15) is 5.82 Å². The first-order chi connectivity index (χ1) is 10.2. The summed E-state index contributed by atoms with van der Waals surface area (Å²) in [4.78, 5) is 14.0. The molecule has 0 fully saturated rings. The molecule has 6 heteroatoms. The maximum atomic E-state index is 4.43. The van der Waals surface area contributed by atoms with E-state index in [9.17, 15) is 0 Å². The Kier molecular flexibility index (Phi) is 7.65. The molecule has 2 N–H and O–H groups in total. The number of benzene rings is 1. The van der Waals surface area contributed by atoms with Crippen LogP contribution in [0.15, 0.2) is 54.2 Å². The molecule has 0 saturated heterocycles. The van der Waals surface area contributed by atoms with E-state index in [1.807, 2.05) is 36.3 Å². The van der Waals surface area contributed by atoms with Crippen LogP contribution in [0.2, 0.25) is 0 Å². The normalized spacial score (nSPS) is 10.7. The fourth-order valence-electron chi connectivity index (χ4n) is 2.05. The first-order valence-electron chi connectivity index (χ1n) is 6.86. The summed E-state index contributed by atoms with van der Waals surface area (Å²) in [6.07, 6.45) is 3.66. The molecular formula is C16H22IN5. The molecule has 0 radical (unpaired) electrons. The third-order valence-corrected chi connectivity index (χ3v) is 3.08. The van der Waals surface area contributed by atoms with Gasteiger partial charge in [0.15, 0.2) is 5.96 Å². The largest absolute Gasteiger partial charge is 0.353 e. The monoisotopic (exact) mass is 411 g/mol. The molecule has 2 aromatic rings. The number of imidazole rings is 1. The van der Waals surface area contributed by atoms with Crippen molar-refractivity contribution in [3.63, 3.8) is 0 Å². The van der Waals surface area contributed by atoms with Crippen LogP contribution in [0, 0.1) is 0 Å². The first kappa shape index (κ1) is 18.2. The number of hydrogen-bond donors (Lipinski definition) is 2. The minimum atomic E-state index is 0. The zero-order chi connectivity index (χ0) is 15.1. The lowest BCUT2D eigenvalue weighted by Gasteiger charge is -2.20. The summed E-state index contributed by atoms with van der Waals surface area (Å²) in [7, 11) is 3.74. The predicted molar refractivity (Wildman–Crippen MR) is 102 cm³/mol. The highest BCUT2D eigenvalue weighted by molar-refractivity contribution is 14.0. The van der Waals surface area contributed by atoms with Gasteiger partial charge in [0.25, 0.3) is 0 Å². The Morgan fingerprint density at radius 2 is 2.14 bits per heavy atom. The van der Waals surface area contributed by atoms with Crippen molar-refractivity contribution >= 4 is 29.9 Å². The maximum Gasteiger partial charge on any atom is 0.194 e. The number of aliphatic imine (C=N–C) groups is 1. The minimum absolute atomic E-state index is 0. The van der Waals surface area contributed by atoms with E-state index in [-0.39, 0.29) is 24.0 Å². The summed E-state index contributed by atoms with van der Waals surface area (Å²) in [6, 6.07) is 10.2. The Labute approximate surface area is 148 Å². The molecule has 0 unspecified atom stereocenters. The van der Waals surface area contributed by atoms with Gasteiger partial charge in [0.05, 0.1) is 18.4 Å². The van der Waals surface area contributed by atoms with Gasteiger partial charge in [0, 0.05) is 20.6 Å². The number of nitrogens with zero attached hydrogens (tertiary/aromatic N) is 3. The number of halogens is 1. The lowest BCUT2D eigenvalue weighted by Crippen LogP contribution is -2.38. The Morgan fingerprint density at radius 1 is 1.41 bits per heavy atom. The van der Waals surface area contributed by atoms with Crippen LogP contribution in [0.25, 0.3) is 11.3 Å². The van der Waals surface area contributed by atoms with Gasteiger partial charge in [-0.15, -0.1) is 30.6 Å². The standard InChI is InChI=1S/C16H21N5.HI/c1-4-10-18-16(17-2)21(3)12-15-19-11-14(20-15)13-8-6-5-7-9-13;/h4-9,11H,1,10,12H2,2-3H3,(H,17,18)(H,19,20);1H. The smallest absolute Gasteiger partial charge is 0.194 e. The highest BCUT2D eigenvalue weighted by Gasteiger charge is 2.09. The second-order valence-corrected chi connectivity index (χ2v) is 4.68. The molecule has 1 aromatic heterocycles. The van der Waals surface area contributed by atoms with Crippen LogP contribution in [-0.4, -0.2) is 41.5 Å². The highest BCUT2D eigenvalue weighted by atomic mass is 127. The molecule has 0 spiro atoms. The van der Waals surface area contributed by atoms with Crippen molar-refractivity contribution in [3.05, 3.63) is 55.0 Å². The van der Waals surface area contributed by atoms with Gasteiger partial charge in [-0.2, -0.15) is 0 Å². The van der Waals surface area contributed by atoms with Crippen molar-refractivity contribution in [2.45, 2.75) is 6.54 Å². The summed E-state index contributed by atoms with van der Waals surface area (Å²) in [5, 5.41) is 3.19. The van der Waals surface area contributed by atoms with Gasteiger partial charge >= 0.3 is 0 Å². The van der Waals surface area contributed by atoms with E-state index >= 15 is 0 Å². The quantitative estimate of drug-likeness (QED) is 0.344. The molecule has 5 nitrogen and oxygen atoms in total. The van der Waals surface area contributed by atoms with Crippen molar-refractivity contribution in [3.8, 4) is 11.3 Å². The lowest BCUT2D eigenvalue weighted by molar-refractivity contribution is 0.467. The van der Waals surface area contributed by atoms with Gasteiger partial charge in [-0.3, -0.25) is 4.99 Å². The molecule has 0 atom stereocenters. The average Bonchev–Trinajstić information content (AvgIpc) is 2.97. The zero-order valence-electron chi connectivity index (χ0n) is 12.9. The molecule has 2 rings (SSSR count). The van der Waals surface area contributed by atoms with E-state index in [4.69, 9.17) is 0 Å². The van der Waals surface area contributed by atoms with Crippen molar-refractivity contribution in [1.82, 2.24) is 20.2 Å². The number of aromatic amines is 1. The average molecular weight is 411 g/mol. The summed E-state index contributed by atoms with van der Waals surface area (Å²) in [6.45, 7) is 5.03. The Balaban J connectivity index is 0.00000242. The summed E-state index contributed by atoms with van der Waals surface area (Å²) in [5.74, 6) is 1.71. The molecular weight excluding hydrogens is 389 g/mol. The number of rotatable bonds is 5. The number of hydrogen-bond acceptors (Lipinski definition) is 2. The maximum absolute atomic E-state index is 4.43. The fraction of sp³-hybridized carbons (Fsp3) is 0.250. The van der Waals surface area contributed by atoms with Crippen LogP contribution in [-0.2, 0) is 6.54 Å². The third kappa shape index (κ3) is 4.87. The third-order valence-electron chi connectivity index (χ3n) is 3.08. The highest BCUT2D eigenvalue weighted by Crippen LogP contribution is 2.16. The topological polar surface area (TPSA) is 56.3 Å². The van der Waals surface area contributed by atoms with Crippen molar-refractivity contribution < 1.29 is 0 Å². The first-order valence-corrected chi connectivity index (χ1v) is 6.86. The van der Waals surface area contributed by atoms with Crippen LogP contribution in [0.3, 0.4) is 0 Å². The molecule has 0 saturated carbocycles. The molecule has 0 aliphatic heterocycles. The number of aromatic nitrogens is 2. The van der Waals surface area contributed by atoms with Crippen molar-refractivity contribution in [1.29, 1.82) is 0 Å². The molecule has 0 aliphatic rings. The molecule has 0 bridgehead atoms. The molecule has 22 heavy (non-hydrogen) atoms. The van der Waals surface area contributed by atoms with E-state index in [0.717, 1.165) is 23.0 Å². The van der Waals surface area contributed by atoms with Gasteiger partial charge < -0.3 is 15.2 Å². The van der Waals surface area contributed by atoms with E-state index in [2.05, 4.69) is 39.0 Å². The van der Waals surface area contributed by atoms with E-state index in [1.54, 1.807) is 13.1 Å². The van der Waals surface area contributed by atoms with Gasteiger partial charge in [-0.05, 0) is 5.56 Å². The number of guanidine groups is 1. The fourth-order valence-corrected chi connectivity index (χ4v) is 2.05. The van der Waals surface area contributed by atoms with Crippen LogP contribution in [0.4, 0.5) is 0 Å². The number of H-pyrrole nitrogens is 1. The van der Waals surface area contributed by atoms with Crippen LogP contribution >= 0.6 is 24.0 Å². The zero-order valence-corrected chi connectivity index (χ0v) is 15.2. The molecule has 0 amide bonds. The SMILES string of the molecule is C=CCNC(=NC)N(C)Cc1ncc(-c2ccccc2)[nH]1.I. The van der Waals surface area contributed by atoms with Crippen molar-refractivity contribution in [2.24, 2.45) is 4.99 Å². The summed E-state index contributed by atoms with van der Waals surface area (Å²) < 4.78 is 0. The van der Waals surface area contributed by atoms with E-state index in [0.29, 0.717) is 13.1 Å². The molecule has 1 heterocycles. The van der Waals surface area contributed by atoms with Gasteiger partial charge in [-0.1, -0.05) is 36.4 Å². The van der Waals surface area contributed by atoms with E-state index < -0.39 is 0 Å². The summed E-state index contributed by atoms with van der Waals surface area (Å²) in [5.41, 5.74) is 2.15. The van der Waals surface area contributed by atoms with Crippen LogP contribution in [0.5, 0.6) is 0 Å². The van der Waals surface area contributed by atoms with Crippen LogP contribution in [0.1, 0.15) is 5.82 Å². The van der Waals surface area contributed by atoms with E-state index in [1.165, 1.54) is 0 Å². The van der Waals surface area contributed by atoms with Crippen molar-refractivity contribution in [2.75, 3.05) is 20.6 Å². The Hall–Kier alpha value is -1.83. The summed E-state index contributed by atoms with van der Waals surface area (Å²) >= 11 is 0. The predicted octanol–water partition coefficient (Wildman–Crippen LogP) is 2.89. The molecule has 1 aromatic carbocycles. The van der Waals surface area contributed by atoms with Crippen LogP contribution < -0.4 is 5.32 Å². The Morgan fingerprint density at radius 3 is 2.77 bits per heavy atom. The van der Waals surface area contributed by atoms with Gasteiger partial charge in [-0.25, -0.2) is 4.98 Å². The minimum Gasteiger partial charge on any atom is -0.353 e.